The minimum absolute atomic E-state index is 0.177. The SMILES string of the molecule is CC(=O)N1CCOc2cc(S(=O)(=O)Nc3ccccc3C(F)(F)F)c(C)cc21. The fraction of sp³-hybridized carbons (Fsp3) is 0.278. The minimum atomic E-state index is -4.71. The number of amides is 1. The highest BCUT2D eigenvalue weighted by molar-refractivity contribution is 7.92. The summed E-state index contributed by atoms with van der Waals surface area (Å²) in [5.41, 5.74) is -0.968. The number of fused-ring (bicyclic) bond motifs is 1. The first-order chi connectivity index (χ1) is 13.0. The molecule has 6 nitrogen and oxygen atoms in total. The molecule has 3 rings (SSSR count). The van der Waals surface area contributed by atoms with E-state index >= 15 is 0 Å². The summed E-state index contributed by atoms with van der Waals surface area (Å²) in [6, 6.07) is 7.02. The van der Waals surface area contributed by atoms with Crippen LogP contribution in [0.1, 0.15) is 18.1 Å². The van der Waals surface area contributed by atoms with E-state index in [9.17, 15) is 26.4 Å². The number of aryl methyl sites for hydroxylation is 1. The molecule has 2 aromatic carbocycles. The first-order valence-corrected chi connectivity index (χ1v) is 9.73. The summed E-state index contributed by atoms with van der Waals surface area (Å²) in [5, 5.41) is 0. The molecule has 10 heteroatoms. The van der Waals surface area contributed by atoms with Gasteiger partial charge in [0.05, 0.1) is 28.4 Å². The summed E-state index contributed by atoms with van der Waals surface area (Å²) in [6.07, 6.45) is -4.71. The van der Waals surface area contributed by atoms with Crippen LogP contribution in [0.15, 0.2) is 41.3 Å². The molecule has 0 saturated carbocycles. The number of sulfonamides is 1. The molecule has 0 aliphatic carbocycles. The van der Waals surface area contributed by atoms with Crippen molar-refractivity contribution in [1.82, 2.24) is 0 Å². The highest BCUT2D eigenvalue weighted by Gasteiger charge is 2.35. The summed E-state index contributed by atoms with van der Waals surface area (Å²) in [6.45, 7) is 3.38. The van der Waals surface area contributed by atoms with Gasteiger partial charge in [0.1, 0.15) is 12.4 Å². The maximum atomic E-state index is 13.2. The van der Waals surface area contributed by atoms with E-state index in [2.05, 4.69) is 0 Å². The van der Waals surface area contributed by atoms with Gasteiger partial charge >= 0.3 is 6.18 Å². The van der Waals surface area contributed by atoms with Gasteiger partial charge in [-0.3, -0.25) is 9.52 Å². The van der Waals surface area contributed by atoms with E-state index in [1.165, 1.54) is 43.0 Å². The van der Waals surface area contributed by atoms with Crippen LogP contribution in [-0.2, 0) is 21.0 Å². The monoisotopic (exact) mass is 414 g/mol. The Morgan fingerprint density at radius 2 is 1.89 bits per heavy atom. The lowest BCUT2D eigenvalue weighted by Gasteiger charge is -2.29. The van der Waals surface area contributed by atoms with Gasteiger partial charge in [0.15, 0.2) is 0 Å². The number of nitrogens with one attached hydrogen (secondary N) is 1. The molecule has 1 N–H and O–H groups in total. The molecule has 1 aliphatic heterocycles. The van der Waals surface area contributed by atoms with Crippen LogP contribution in [0.3, 0.4) is 0 Å². The van der Waals surface area contributed by atoms with E-state index in [1.54, 1.807) is 0 Å². The third-order valence-corrected chi connectivity index (χ3v) is 5.77. The maximum absolute atomic E-state index is 13.2. The quantitative estimate of drug-likeness (QED) is 0.833. The number of hydrogen-bond donors (Lipinski definition) is 1. The number of alkyl halides is 3. The van der Waals surface area contributed by atoms with Crippen molar-refractivity contribution < 1.29 is 31.1 Å². The molecular formula is C18H17F3N2O4S. The largest absolute Gasteiger partial charge is 0.489 e. The number of rotatable bonds is 3. The molecular weight excluding hydrogens is 397 g/mol. The number of carbonyl (C=O) groups is 1. The Morgan fingerprint density at radius 1 is 1.21 bits per heavy atom. The zero-order valence-electron chi connectivity index (χ0n) is 15.0. The van der Waals surface area contributed by atoms with Crippen LogP contribution in [0.2, 0.25) is 0 Å². The standard InChI is InChI=1S/C18H17F3N2O4S/c1-11-9-15-16(27-8-7-23(15)12(2)24)10-17(11)28(25,26)22-14-6-4-3-5-13(14)18(19,20)21/h3-6,9-10,22H,7-8H2,1-2H3. The van der Waals surface area contributed by atoms with Gasteiger partial charge in [-0.05, 0) is 30.7 Å². The second kappa shape index (κ2) is 7.01. The first kappa shape index (κ1) is 20.0. The number of carbonyl (C=O) groups excluding carboxylic acids is 1. The van der Waals surface area contributed by atoms with Gasteiger partial charge in [-0.25, -0.2) is 8.42 Å². The van der Waals surface area contributed by atoms with E-state index in [1.807, 2.05) is 4.72 Å². The van der Waals surface area contributed by atoms with Crippen molar-refractivity contribution in [3.63, 3.8) is 0 Å². The van der Waals surface area contributed by atoms with Gasteiger partial charge in [-0.1, -0.05) is 12.1 Å². The molecule has 0 spiro atoms. The van der Waals surface area contributed by atoms with Crippen LogP contribution in [0, 0.1) is 6.92 Å². The van der Waals surface area contributed by atoms with Gasteiger partial charge in [-0.15, -0.1) is 0 Å². The van der Waals surface area contributed by atoms with E-state index in [0.29, 0.717) is 12.2 Å². The molecule has 0 radical (unpaired) electrons. The Balaban J connectivity index is 2.04. The first-order valence-electron chi connectivity index (χ1n) is 8.25. The summed E-state index contributed by atoms with van der Waals surface area (Å²) in [4.78, 5) is 13.0. The van der Waals surface area contributed by atoms with Gasteiger partial charge < -0.3 is 9.64 Å². The smallest absolute Gasteiger partial charge is 0.418 e. The predicted octanol–water partition coefficient (Wildman–Crippen LogP) is 3.56. The van der Waals surface area contributed by atoms with Gasteiger partial charge in [0.2, 0.25) is 5.91 Å². The lowest BCUT2D eigenvalue weighted by Crippen LogP contribution is -2.36. The van der Waals surface area contributed by atoms with Crippen LogP contribution < -0.4 is 14.4 Å². The molecule has 28 heavy (non-hydrogen) atoms. The molecule has 0 fully saturated rings. The number of ether oxygens (including phenoxy) is 1. The van der Waals surface area contributed by atoms with Crippen LogP contribution in [-0.4, -0.2) is 27.5 Å². The number of halogens is 3. The molecule has 0 atom stereocenters. The summed E-state index contributed by atoms with van der Waals surface area (Å²) < 4.78 is 72.5. The number of hydrogen-bond acceptors (Lipinski definition) is 4. The lowest BCUT2D eigenvalue weighted by atomic mass is 10.1. The Bertz CT molecular complexity index is 1040. The molecule has 0 saturated heterocycles. The van der Waals surface area contributed by atoms with Crippen LogP contribution in [0.25, 0.3) is 0 Å². The average molecular weight is 414 g/mol. The van der Waals surface area contributed by atoms with Crippen molar-refractivity contribution in [2.75, 3.05) is 22.8 Å². The second-order valence-electron chi connectivity index (χ2n) is 6.25. The average Bonchev–Trinajstić information content (AvgIpc) is 2.59. The Morgan fingerprint density at radius 3 is 2.54 bits per heavy atom. The van der Waals surface area contributed by atoms with Crippen molar-refractivity contribution >= 4 is 27.3 Å². The van der Waals surface area contributed by atoms with Crippen molar-refractivity contribution in [2.24, 2.45) is 0 Å². The van der Waals surface area contributed by atoms with E-state index in [4.69, 9.17) is 4.74 Å². The third kappa shape index (κ3) is 3.77. The zero-order valence-corrected chi connectivity index (χ0v) is 15.8. The predicted molar refractivity (Wildman–Crippen MR) is 97.0 cm³/mol. The Hall–Kier alpha value is -2.75. The van der Waals surface area contributed by atoms with Crippen molar-refractivity contribution in [3.8, 4) is 5.75 Å². The topological polar surface area (TPSA) is 75.7 Å². The molecule has 0 unspecified atom stereocenters. The third-order valence-electron chi connectivity index (χ3n) is 4.27. The van der Waals surface area contributed by atoms with Gasteiger partial charge in [0, 0.05) is 13.0 Å². The zero-order chi connectivity index (χ0) is 20.7. The number of nitrogens with zero attached hydrogens (tertiary/aromatic N) is 1. The van der Waals surface area contributed by atoms with Gasteiger partial charge in [0.25, 0.3) is 10.0 Å². The highest BCUT2D eigenvalue weighted by Crippen LogP contribution is 2.38. The fourth-order valence-electron chi connectivity index (χ4n) is 2.98. The van der Waals surface area contributed by atoms with Crippen LogP contribution >= 0.6 is 0 Å². The minimum Gasteiger partial charge on any atom is -0.489 e. The molecule has 1 heterocycles. The van der Waals surface area contributed by atoms with Gasteiger partial charge in [-0.2, -0.15) is 13.2 Å². The maximum Gasteiger partial charge on any atom is 0.418 e. The summed E-state index contributed by atoms with van der Waals surface area (Å²) in [5.74, 6) is -0.0479. The number of benzene rings is 2. The van der Waals surface area contributed by atoms with Crippen molar-refractivity contribution in [2.45, 2.75) is 24.9 Å². The van der Waals surface area contributed by atoms with Crippen LogP contribution in [0.5, 0.6) is 5.75 Å². The summed E-state index contributed by atoms with van der Waals surface area (Å²) >= 11 is 0. The lowest BCUT2D eigenvalue weighted by molar-refractivity contribution is -0.136. The Kier molecular flexibility index (Phi) is 5.00. The molecule has 1 amide bonds. The molecule has 0 bridgehead atoms. The molecule has 150 valence electrons. The van der Waals surface area contributed by atoms with Crippen molar-refractivity contribution in [1.29, 1.82) is 0 Å². The van der Waals surface area contributed by atoms with Crippen LogP contribution in [0.4, 0.5) is 24.5 Å². The number of para-hydroxylation sites is 1. The summed E-state index contributed by atoms with van der Waals surface area (Å²) in [7, 11) is -4.33. The molecule has 0 aromatic heterocycles. The fourth-order valence-corrected chi connectivity index (χ4v) is 4.31. The van der Waals surface area contributed by atoms with Crippen molar-refractivity contribution in [3.05, 3.63) is 47.5 Å². The highest BCUT2D eigenvalue weighted by atomic mass is 32.2. The second-order valence-corrected chi connectivity index (χ2v) is 7.90. The number of anilines is 2. The molecule has 2 aromatic rings. The van der Waals surface area contributed by atoms with E-state index in [0.717, 1.165) is 12.1 Å². The van der Waals surface area contributed by atoms with E-state index < -0.39 is 27.5 Å². The van der Waals surface area contributed by atoms with E-state index in [-0.39, 0.29) is 28.7 Å². The Labute approximate surface area is 160 Å². The normalized spacial score (nSPS) is 14.2. The molecule has 1 aliphatic rings.